The molecule has 0 radical (unpaired) electrons. The topological polar surface area (TPSA) is 44.0 Å². The van der Waals surface area contributed by atoms with Crippen molar-refractivity contribution in [2.75, 3.05) is 6.61 Å². The third kappa shape index (κ3) is 2.08. The summed E-state index contributed by atoms with van der Waals surface area (Å²) in [4.78, 5) is 0. The molecule has 0 fully saturated rings. The zero-order chi connectivity index (χ0) is 8.81. The Hall–Kier alpha value is -1.33. The van der Waals surface area contributed by atoms with Crippen molar-refractivity contribution >= 4 is 0 Å². The number of nitrogens with zero attached hydrogens (tertiary/aromatic N) is 1. The van der Waals surface area contributed by atoms with Crippen molar-refractivity contribution in [3.8, 4) is 6.07 Å². The summed E-state index contributed by atoms with van der Waals surface area (Å²) < 4.78 is 0. The van der Waals surface area contributed by atoms with E-state index in [1.165, 1.54) is 0 Å². The molecular weight excluding hydrogens is 150 g/mol. The van der Waals surface area contributed by atoms with E-state index in [1.54, 1.807) is 6.07 Å². The minimum atomic E-state index is 0.180. The lowest BCUT2D eigenvalue weighted by Gasteiger charge is -2.00. The van der Waals surface area contributed by atoms with Crippen LogP contribution in [0.25, 0.3) is 0 Å². The van der Waals surface area contributed by atoms with E-state index in [4.69, 9.17) is 10.4 Å². The molecule has 0 bridgehead atoms. The highest BCUT2D eigenvalue weighted by molar-refractivity contribution is 5.37. The smallest absolute Gasteiger partial charge is 0.0994 e. The van der Waals surface area contributed by atoms with E-state index < -0.39 is 0 Å². The van der Waals surface area contributed by atoms with Crippen LogP contribution in [0.4, 0.5) is 0 Å². The van der Waals surface area contributed by atoms with Crippen LogP contribution >= 0.6 is 0 Å². The van der Waals surface area contributed by atoms with Crippen LogP contribution in [-0.2, 0) is 6.42 Å². The van der Waals surface area contributed by atoms with E-state index in [-0.39, 0.29) is 6.61 Å². The van der Waals surface area contributed by atoms with Gasteiger partial charge in [-0.05, 0) is 24.5 Å². The first-order chi connectivity index (χ1) is 5.88. The molecule has 0 aliphatic carbocycles. The van der Waals surface area contributed by atoms with Crippen molar-refractivity contribution in [2.24, 2.45) is 0 Å². The van der Waals surface area contributed by atoms with Crippen molar-refractivity contribution in [2.45, 2.75) is 12.8 Å². The summed E-state index contributed by atoms with van der Waals surface area (Å²) in [6.45, 7) is 0.180. The van der Waals surface area contributed by atoms with E-state index in [0.717, 1.165) is 18.4 Å². The summed E-state index contributed by atoms with van der Waals surface area (Å²) >= 11 is 0. The number of nitriles is 1. The van der Waals surface area contributed by atoms with Crippen LogP contribution in [0.2, 0.25) is 0 Å². The Labute approximate surface area is 72.1 Å². The first-order valence-corrected chi connectivity index (χ1v) is 3.97. The van der Waals surface area contributed by atoms with Gasteiger partial charge < -0.3 is 5.11 Å². The predicted octanol–water partition coefficient (Wildman–Crippen LogP) is 1.48. The summed E-state index contributed by atoms with van der Waals surface area (Å²) in [5, 5.41) is 17.3. The van der Waals surface area contributed by atoms with Gasteiger partial charge in [-0.3, -0.25) is 0 Å². The van der Waals surface area contributed by atoms with Crippen molar-refractivity contribution in [1.82, 2.24) is 0 Å². The van der Waals surface area contributed by atoms with Crippen LogP contribution in [0.5, 0.6) is 0 Å². The number of hydrogen-bond acceptors (Lipinski definition) is 2. The third-order valence-corrected chi connectivity index (χ3v) is 1.74. The fourth-order valence-electron chi connectivity index (χ4n) is 1.12. The molecule has 0 aliphatic heterocycles. The molecule has 0 unspecified atom stereocenters. The summed E-state index contributed by atoms with van der Waals surface area (Å²) in [5.74, 6) is 0. The zero-order valence-corrected chi connectivity index (χ0v) is 6.83. The van der Waals surface area contributed by atoms with Crippen LogP contribution in [0.3, 0.4) is 0 Å². The average molecular weight is 161 g/mol. The van der Waals surface area contributed by atoms with Gasteiger partial charge in [-0.25, -0.2) is 0 Å². The lowest BCUT2D eigenvalue weighted by Crippen LogP contribution is -1.92. The highest BCUT2D eigenvalue weighted by Gasteiger charge is 1.98. The number of aliphatic hydroxyl groups excluding tert-OH is 1. The Kier molecular flexibility index (Phi) is 3.31. The molecule has 1 rings (SSSR count). The van der Waals surface area contributed by atoms with Crippen LogP contribution in [0.1, 0.15) is 17.5 Å². The van der Waals surface area contributed by atoms with E-state index in [1.807, 2.05) is 18.2 Å². The molecular formula is C10H11NO. The van der Waals surface area contributed by atoms with E-state index in [9.17, 15) is 0 Å². The molecule has 1 aromatic carbocycles. The molecule has 1 N–H and O–H groups in total. The van der Waals surface area contributed by atoms with Gasteiger partial charge in [-0.2, -0.15) is 5.26 Å². The monoisotopic (exact) mass is 161 g/mol. The predicted molar refractivity (Wildman–Crippen MR) is 46.6 cm³/mol. The van der Waals surface area contributed by atoms with E-state index in [2.05, 4.69) is 6.07 Å². The summed E-state index contributed by atoms with van der Waals surface area (Å²) in [5.41, 5.74) is 1.74. The van der Waals surface area contributed by atoms with Gasteiger partial charge in [0.05, 0.1) is 11.6 Å². The molecule has 0 saturated carbocycles. The second-order valence-electron chi connectivity index (χ2n) is 2.60. The lowest BCUT2D eigenvalue weighted by molar-refractivity contribution is 0.288. The Balaban J connectivity index is 2.77. The number of rotatable bonds is 3. The van der Waals surface area contributed by atoms with Crippen LogP contribution in [0.15, 0.2) is 24.3 Å². The maximum atomic E-state index is 8.71. The fraction of sp³-hybridized carbons (Fsp3) is 0.300. The minimum absolute atomic E-state index is 0.180. The maximum absolute atomic E-state index is 8.71. The van der Waals surface area contributed by atoms with Crippen LogP contribution < -0.4 is 0 Å². The highest BCUT2D eigenvalue weighted by atomic mass is 16.2. The van der Waals surface area contributed by atoms with Gasteiger partial charge in [0.15, 0.2) is 0 Å². The van der Waals surface area contributed by atoms with Gasteiger partial charge in [0.1, 0.15) is 0 Å². The third-order valence-electron chi connectivity index (χ3n) is 1.74. The molecule has 0 heterocycles. The van der Waals surface area contributed by atoms with Gasteiger partial charge >= 0.3 is 0 Å². The van der Waals surface area contributed by atoms with Crippen molar-refractivity contribution in [3.63, 3.8) is 0 Å². The number of hydrogen-bond donors (Lipinski definition) is 1. The summed E-state index contributed by atoms with van der Waals surface area (Å²) in [6.07, 6.45) is 1.50. The molecule has 0 aromatic heterocycles. The SMILES string of the molecule is N#Cc1ccccc1CCCO. The Morgan fingerprint density at radius 1 is 1.33 bits per heavy atom. The number of benzene rings is 1. The second-order valence-corrected chi connectivity index (χ2v) is 2.60. The summed E-state index contributed by atoms with van der Waals surface area (Å²) in [7, 11) is 0. The molecule has 0 atom stereocenters. The highest BCUT2D eigenvalue weighted by Crippen LogP contribution is 2.08. The van der Waals surface area contributed by atoms with Crippen molar-refractivity contribution < 1.29 is 5.11 Å². The fourth-order valence-corrected chi connectivity index (χ4v) is 1.12. The first kappa shape index (κ1) is 8.76. The average Bonchev–Trinajstić information content (AvgIpc) is 2.15. The van der Waals surface area contributed by atoms with Crippen molar-refractivity contribution in [1.29, 1.82) is 5.26 Å². The van der Waals surface area contributed by atoms with Gasteiger partial charge in [-0.15, -0.1) is 0 Å². The molecule has 2 nitrogen and oxygen atoms in total. The normalized spacial score (nSPS) is 9.33. The quantitative estimate of drug-likeness (QED) is 0.729. The summed E-state index contributed by atoms with van der Waals surface area (Å²) in [6, 6.07) is 9.60. The molecule has 12 heavy (non-hydrogen) atoms. The maximum Gasteiger partial charge on any atom is 0.0994 e. The van der Waals surface area contributed by atoms with E-state index in [0.29, 0.717) is 5.56 Å². The van der Waals surface area contributed by atoms with E-state index >= 15 is 0 Å². The largest absolute Gasteiger partial charge is 0.396 e. The van der Waals surface area contributed by atoms with Gasteiger partial charge in [0.2, 0.25) is 0 Å². The first-order valence-electron chi connectivity index (χ1n) is 3.97. The minimum Gasteiger partial charge on any atom is -0.396 e. The Bertz CT molecular complexity index is 288. The number of aryl methyl sites for hydroxylation is 1. The number of aliphatic hydroxyl groups is 1. The van der Waals surface area contributed by atoms with Crippen LogP contribution in [-0.4, -0.2) is 11.7 Å². The molecule has 0 saturated heterocycles. The molecule has 62 valence electrons. The molecule has 2 heteroatoms. The standard InChI is InChI=1S/C10H11NO/c11-8-10-5-2-1-4-9(10)6-3-7-12/h1-2,4-5,12H,3,6-7H2. The van der Waals surface area contributed by atoms with Gasteiger partial charge in [0.25, 0.3) is 0 Å². The molecule has 0 amide bonds. The lowest BCUT2D eigenvalue weighted by atomic mass is 10.0. The Morgan fingerprint density at radius 3 is 2.75 bits per heavy atom. The Morgan fingerprint density at radius 2 is 2.08 bits per heavy atom. The van der Waals surface area contributed by atoms with Crippen LogP contribution in [0, 0.1) is 11.3 Å². The van der Waals surface area contributed by atoms with Crippen molar-refractivity contribution in [3.05, 3.63) is 35.4 Å². The molecule has 0 spiro atoms. The zero-order valence-electron chi connectivity index (χ0n) is 6.83. The van der Waals surface area contributed by atoms with Gasteiger partial charge in [-0.1, -0.05) is 18.2 Å². The van der Waals surface area contributed by atoms with Gasteiger partial charge in [0, 0.05) is 6.61 Å². The second kappa shape index (κ2) is 4.53. The molecule has 1 aromatic rings. The molecule has 0 aliphatic rings.